The van der Waals surface area contributed by atoms with Crippen LogP contribution in [0.2, 0.25) is 30.1 Å². The molecule has 0 unspecified atom stereocenters. The van der Waals surface area contributed by atoms with Crippen LogP contribution < -0.4 is 10.1 Å². The molecule has 34 heavy (non-hydrogen) atoms. The molecule has 0 aliphatic heterocycles. The molecule has 0 fully saturated rings. The van der Waals surface area contributed by atoms with Crippen LogP contribution in [0.25, 0.3) is 0 Å². The number of carbonyl (C=O) groups excluding carboxylic acids is 1. The topological polar surface area (TPSA) is 69.3 Å². The van der Waals surface area contributed by atoms with Crippen molar-refractivity contribution in [2.75, 3.05) is 5.32 Å². The maximum atomic E-state index is 12.6. The standard InChI is InChI=1S/C22H13Cl6N3O3/c23-14-4-2-1-3-11(14)8-31-9-12(7-29-31)30-22(32)15-6-5-13(34-15)10-33-21-19(27)17(25)16(24)18(26)20(21)28/h1-7,9H,8,10H2,(H,30,32). The molecule has 4 aromatic rings. The molecule has 1 N–H and O–H groups in total. The highest BCUT2D eigenvalue weighted by Crippen LogP contribution is 2.48. The van der Waals surface area contributed by atoms with Crippen molar-refractivity contribution in [2.24, 2.45) is 0 Å². The average molecular weight is 580 g/mol. The van der Waals surface area contributed by atoms with Crippen LogP contribution in [0.5, 0.6) is 5.75 Å². The van der Waals surface area contributed by atoms with Crippen molar-refractivity contribution in [3.8, 4) is 5.75 Å². The van der Waals surface area contributed by atoms with E-state index in [-0.39, 0.29) is 43.2 Å². The van der Waals surface area contributed by atoms with E-state index in [0.29, 0.717) is 23.0 Å². The molecule has 0 saturated carbocycles. The molecule has 0 aliphatic rings. The van der Waals surface area contributed by atoms with Gasteiger partial charge < -0.3 is 14.5 Å². The number of ether oxygens (including phenoxy) is 1. The van der Waals surface area contributed by atoms with Crippen LogP contribution >= 0.6 is 69.6 Å². The van der Waals surface area contributed by atoms with Gasteiger partial charge in [-0.1, -0.05) is 87.8 Å². The second-order valence-corrected chi connectivity index (χ2v) is 9.22. The normalized spacial score (nSPS) is 11.0. The van der Waals surface area contributed by atoms with E-state index in [9.17, 15) is 4.79 Å². The number of nitrogens with one attached hydrogen (secondary N) is 1. The molecule has 0 atom stereocenters. The van der Waals surface area contributed by atoms with Gasteiger partial charge in [-0.15, -0.1) is 0 Å². The van der Waals surface area contributed by atoms with Gasteiger partial charge in [0.25, 0.3) is 5.91 Å². The first-order valence-electron chi connectivity index (χ1n) is 9.54. The lowest BCUT2D eigenvalue weighted by Crippen LogP contribution is -2.10. The first-order chi connectivity index (χ1) is 16.2. The van der Waals surface area contributed by atoms with Gasteiger partial charge in [-0.25, -0.2) is 0 Å². The molecule has 6 nitrogen and oxygen atoms in total. The van der Waals surface area contributed by atoms with Crippen LogP contribution in [0.4, 0.5) is 5.69 Å². The van der Waals surface area contributed by atoms with Crippen molar-refractivity contribution < 1.29 is 13.9 Å². The smallest absolute Gasteiger partial charge is 0.291 e. The highest BCUT2D eigenvalue weighted by atomic mass is 35.5. The molecule has 4 rings (SSSR count). The quantitative estimate of drug-likeness (QED) is 0.177. The van der Waals surface area contributed by atoms with Crippen molar-refractivity contribution in [1.29, 1.82) is 0 Å². The largest absolute Gasteiger partial charge is 0.482 e. The van der Waals surface area contributed by atoms with Crippen molar-refractivity contribution in [3.63, 3.8) is 0 Å². The van der Waals surface area contributed by atoms with Gasteiger partial charge in [0.15, 0.2) is 11.5 Å². The molecule has 0 bridgehead atoms. The Bertz CT molecular complexity index is 1340. The summed E-state index contributed by atoms with van der Waals surface area (Å²) in [5.74, 6) is 0.00368. The first kappa shape index (κ1) is 25.0. The maximum Gasteiger partial charge on any atom is 0.291 e. The fourth-order valence-corrected chi connectivity index (χ4v) is 4.37. The molecule has 1 amide bonds. The molecular formula is C22H13Cl6N3O3. The highest BCUT2D eigenvalue weighted by Gasteiger charge is 2.21. The number of anilines is 1. The minimum Gasteiger partial charge on any atom is -0.482 e. The van der Waals surface area contributed by atoms with E-state index in [1.165, 1.54) is 12.3 Å². The van der Waals surface area contributed by atoms with Crippen LogP contribution in [0.1, 0.15) is 21.9 Å². The van der Waals surface area contributed by atoms with Crippen molar-refractivity contribution in [2.45, 2.75) is 13.2 Å². The van der Waals surface area contributed by atoms with E-state index >= 15 is 0 Å². The lowest BCUT2D eigenvalue weighted by Gasteiger charge is -2.12. The van der Waals surface area contributed by atoms with Gasteiger partial charge >= 0.3 is 0 Å². The summed E-state index contributed by atoms with van der Waals surface area (Å²) in [4.78, 5) is 12.6. The van der Waals surface area contributed by atoms with Crippen molar-refractivity contribution in [3.05, 3.63) is 96.0 Å². The Balaban J connectivity index is 1.39. The maximum absolute atomic E-state index is 12.6. The molecule has 2 aromatic carbocycles. The van der Waals surface area contributed by atoms with Crippen LogP contribution in [-0.4, -0.2) is 15.7 Å². The molecule has 176 valence electrons. The molecular weight excluding hydrogens is 567 g/mol. The van der Waals surface area contributed by atoms with Gasteiger partial charge in [0.1, 0.15) is 22.4 Å². The lowest BCUT2D eigenvalue weighted by molar-refractivity contribution is 0.0992. The minimum absolute atomic E-state index is 0.0133. The van der Waals surface area contributed by atoms with E-state index in [1.54, 1.807) is 23.0 Å². The third-order valence-corrected chi connectivity index (χ3v) is 7.21. The molecule has 0 radical (unpaired) electrons. The fourth-order valence-electron chi connectivity index (χ4n) is 2.94. The van der Waals surface area contributed by atoms with Gasteiger partial charge in [0, 0.05) is 11.2 Å². The van der Waals surface area contributed by atoms with Crippen LogP contribution in [0.15, 0.2) is 53.2 Å². The monoisotopic (exact) mass is 577 g/mol. The average Bonchev–Trinajstić information content (AvgIpc) is 3.47. The number of furan rings is 1. The summed E-state index contributed by atoms with van der Waals surface area (Å²) in [6.07, 6.45) is 3.21. The number of halogens is 6. The third kappa shape index (κ3) is 5.43. The van der Waals surface area contributed by atoms with E-state index in [2.05, 4.69) is 10.4 Å². The number of benzene rings is 2. The molecule has 0 spiro atoms. The Hall–Kier alpha value is -2.06. The number of carbonyl (C=O) groups is 1. The van der Waals surface area contributed by atoms with Gasteiger partial charge in [0.2, 0.25) is 0 Å². The Morgan fingerprint density at radius 1 is 0.941 bits per heavy atom. The Morgan fingerprint density at radius 2 is 1.62 bits per heavy atom. The van der Waals surface area contributed by atoms with Crippen LogP contribution in [0, 0.1) is 0 Å². The van der Waals surface area contributed by atoms with Crippen LogP contribution in [0.3, 0.4) is 0 Å². The fraction of sp³-hybridized carbons (Fsp3) is 0.0909. The zero-order valence-corrected chi connectivity index (χ0v) is 21.5. The van der Waals surface area contributed by atoms with E-state index in [1.807, 2.05) is 18.2 Å². The minimum atomic E-state index is -0.461. The zero-order chi connectivity index (χ0) is 24.4. The summed E-state index contributed by atoms with van der Waals surface area (Å²) in [7, 11) is 0. The van der Waals surface area contributed by atoms with Gasteiger partial charge in [-0.2, -0.15) is 5.10 Å². The number of hydrogen-bond acceptors (Lipinski definition) is 4. The summed E-state index contributed by atoms with van der Waals surface area (Å²) in [6.45, 7) is 0.373. The SMILES string of the molecule is O=C(Nc1cnn(Cc2ccccc2Cl)c1)c1ccc(COc2c(Cl)c(Cl)c(Cl)c(Cl)c2Cl)o1. The highest BCUT2D eigenvalue weighted by molar-refractivity contribution is 6.55. The van der Waals surface area contributed by atoms with E-state index in [0.717, 1.165) is 5.56 Å². The summed E-state index contributed by atoms with van der Waals surface area (Å²) >= 11 is 36.5. The molecule has 12 heteroatoms. The summed E-state index contributed by atoms with van der Waals surface area (Å²) in [5.41, 5.74) is 1.40. The molecule has 2 aromatic heterocycles. The summed E-state index contributed by atoms with van der Waals surface area (Å²) in [5, 5.41) is 7.69. The number of rotatable bonds is 7. The first-order valence-corrected chi connectivity index (χ1v) is 11.8. The summed E-state index contributed by atoms with van der Waals surface area (Å²) < 4.78 is 12.8. The lowest BCUT2D eigenvalue weighted by atomic mass is 10.2. The predicted molar refractivity (Wildman–Crippen MR) is 135 cm³/mol. The second kappa shape index (κ2) is 10.7. The third-order valence-electron chi connectivity index (χ3n) is 4.60. The van der Waals surface area contributed by atoms with Crippen molar-refractivity contribution in [1.82, 2.24) is 9.78 Å². The number of nitrogens with zero attached hydrogens (tertiary/aromatic N) is 2. The summed E-state index contributed by atoms with van der Waals surface area (Å²) in [6, 6.07) is 10.5. The Labute approximate surface area is 224 Å². The van der Waals surface area contributed by atoms with Gasteiger partial charge in [-0.05, 0) is 23.8 Å². The molecule has 0 aliphatic carbocycles. The Morgan fingerprint density at radius 3 is 2.32 bits per heavy atom. The second-order valence-electron chi connectivity index (χ2n) is 6.93. The number of aromatic nitrogens is 2. The number of amides is 1. The van der Waals surface area contributed by atoms with E-state index in [4.69, 9.17) is 78.8 Å². The molecule has 2 heterocycles. The van der Waals surface area contributed by atoms with Gasteiger partial charge in [-0.3, -0.25) is 9.48 Å². The number of hydrogen-bond donors (Lipinski definition) is 1. The molecule has 0 saturated heterocycles. The predicted octanol–water partition coefficient (Wildman–Crippen LogP) is 8.28. The van der Waals surface area contributed by atoms with E-state index < -0.39 is 5.91 Å². The van der Waals surface area contributed by atoms with Crippen LogP contribution in [-0.2, 0) is 13.2 Å². The zero-order valence-electron chi connectivity index (χ0n) is 16.9. The van der Waals surface area contributed by atoms with Gasteiger partial charge in [0.05, 0.1) is 33.5 Å². The Kier molecular flexibility index (Phi) is 7.87. The van der Waals surface area contributed by atoms with Crippen molar-refractivity contribution >= 4 is 81.2 Å².